The first-order valence-electron chi connectivity index (χ1n) is 9.85. The Bertz CT molecular complexity index is 1430. The summed E-state index contributed by atoms with van der Waals surface area (Å²) >= 11 is 0. The van der Waals surface area contributed by atoms with Crippen molar-refractivity contribution in [1.29, 1.82) is 0 Å². The molecular weight excluding hydrogens is 398 g/mol. The Hall–Kier alpha value is -4.01. The van der Waals surface area contributed by atoms with Crippen molar-refractivity contribution < 1.29 is 9.32 Å². The molecule has 9 heteroatoms. The fourth-order valence-electron chi connectivity index (χ4n) is 3.87. The monoisotopic (exact) mass is 417 g/mol. The maximum atomic E-state index is 12.5. The average Bonchev–Trinajstić information content (AvgIpc) is 3.39. The van der Waals surface area contributed by atoms with E-state index < -0.39 is 11.1 Å². The number of rotatable bonds is 3. The van der Waals surface area contributed by atoms with Crippen molar-refractivity contribution in [3.63, 3.8) is 0 Å². The maximum absolute atomic E-state index is 12.5. The zero-order chi connectivity index (χ0) is 21.7. The van der Waals surface area contributed by atoms with Crippen molar-refractivity contribution in [3.05, 3.63) is 74.6 Å². The maximum Gasteiger partial charge on any atom is 0.316 e. The van der Waals surface area contributed by atoms with E-state index in [1.807, 2.05) is 31.2 Å². The Kier molecular flexibility index (Phi) is 4.32. The summed E-state index contributed by atoms with van der Waals surface area (Å²) in [6.07, 6.45) is 0.294. The Balaban J connectivity index is 1.43. The number of aryl methyl sites for hydroxylation is 2. The van der Waals surface area contributed by atoms with Crippen LogP contribution in [0.3, 0.4) is 0 Å². The topological polar surface area (TPSA) is 114 Å². The Labute approximate surface area is 175 Å². The second-order valence-corrected chi connectivity index (χ2v) is 7.75. The molecule has 0 bridgehead atoms. The first-order valence-corrected chi connectivity index (χ1v) is 9.85. The van der Waals surface area contributed by atoms with Crippen LogP contribution in [-0.4, -0.2) is 32.1 Å². The SMILES string of the molecule is Cc1ccc(N2C[C@H](c3nc(-c4ccc5c(c4)[nH]c(=O)c(=O)n5C)no3)CC2=O)cc1. The van der Waals surface area contributed by atoms with E-state index in [0.717, 1.165) is 11.3 Å². The van der Waals surface area contributed by atoms with Gasteiger partial charge in [-0.2, -0.15) is 4.98 Å². The van der Waals surface area contributed by atoms with Crippen molar-refractivity contribution in [1.82, 2.24) is 19.7 Å². The van der Waals surface area contributed by atoms with E-state index in [1.54, 1.807) is 30.1 Å². The highest BCUT2D eigenvalue weighted by Crippen LogP contribution is 2.32. The number of H-pyrrole nitrogens is 1. The van der Waals surface area contributed by atoms with E-state index in [2.05, 4.69) is 15.1 Å². The molecule has 2 aromatic carbocycles. The highest BCUT2D eigenvalue weighted by Gasteiger charge is 2.35. The summed E-state index contributed by atoms with van der Waals surface area (Å²) in [6.45, 7) is 2.47. The van der Waals surface area contributed by atoms with Gasteiger partial charge in [0, 0.05) is 31.3 Å². The number of carbonyl (C=O) groups is 1. The molecule has 4 aromatic rings. The van der Waals surface area contributed by atoms with E-state index >= 15 is 0 Å². The van der Waals surface area contributed by atoms with Crippen LogP contribution in [0.4, 0.5) is 5.69 Å². The van der Waals surface area contributed by atoms with E-state index in [-0.39, 0.29) is 11.8 Å². The molecule has 9 nitrogen and oxygen atoms in total. The second kappa shape index (κ2) is 7.05. The number of hydrogen-bond acceptors (Lipinski definition) is 6. The lowest BCUT2D eigenvalue weighted by atomic mass is 10.1. The zero-order valence-electron chi connectivity index (χ0n) is 17.0. The fourth-order valence-corrected chi connectivity index (χ4v) is 3.87. The van der Waals surface area contributed by atoms with Crippen molar-refractivity contribution in [2.75, 3.05) is 11.4 Å². The van der Waals surface area contributed by atoms with Crippen LogP contribution in [0.2, 0.25) is 0 Å². The number of fused-ring (bicyclic) bond motifs is 1. The third-order valence-electron chi connectivity index (χ3n) is 5.62. The molecule has 0 saturated carbocycles. The van der Waals surface area contributed by atoms with Gasteiger partial charge in [-0.25, -0.2) is 0 Å². The normalized spacial score (nSPS) is 16.4. The van der Waals surface area contributed by atoms with Gasteiger partial charge in [-0.1, -0.05) is 22.9 Å². The van der Waals surface area contributed by atoms with Crippen molar-refractivity contribution >= 4 is 22.6 Å². The van der Waals surface area contributed by atoms with Gasteiger partial charge in [0.2, 0.25) is 17.6 Å². The average molecular weight is 417 g/mol. The summed E-state index contributed by atoms with van der Waals surface area (Å²) in [5, 5.41) is 4.06. The van der Waals surface area contributed by atoms with E-state index in [1.165, 1.54) is 4.57 Å². The molecule has 0 aliphatic carbocycles. The smallest absolute Gasteiger partial charge is 0.316 e. The van der Waals surface area contributed by atoms with E-state index in [9.17, 15) is 14.4 Å². The number of hydrogen-bond donors (Lipinski definition) is 1. The standard InChI is InChI=1S/C22H19N5O4/c1-12-3-6-15(7-4-12)27-11-14(10-18(27)28)21-24-19(25-31-21)13-5-8-17-16(9-13)23-20(29)22(30)26(17)2/h3-9,14H,10-11H2,1-2H3,(H,23,29)/t14-/m1/s1. The summed E-state index contributed by atoms with van der Waals surface area (Å²) in [6, 6.07) is 13.0. The summed E-state index contributed by atoms with van der Waals surface area (Å²) < 4.78 is 6.76. The van der Waals surface area contributed by atoms with Crippen LogP contribution in [0.1, 0.15) is 23.8 Å². The van der Waals surface area contributed by atoms with Crippen LogP contribution >= 0.6 is 0 Å². The second-order valence-electron chi connectivity index (χ2n) is 7.75. The van der Waals surface area contributed by atoms with Crippen LogP contribution in [0, 0.1) is 6.92 Å². The summed E-state index contributed by atoms with van der Waals surface area (Å²) in [4.78, 5) is 44.9. The van der Waals surface area contributed by atoms with Gasteiger partial charge in [0.25, 0.3) is 0 Å². The van der Waals surface area contributed by atoms with Gasteiger partial charge < -0.3 is 19.0 Å². The van der Waals surface area contributed by atoms with E-state index in [0.29, 0.717) is 41.3 Å². The molecule has 3 heterocycles. The molecule has 1 amide bonds. The first-order chi connectivity index (χ1) is 14.9. The molecule has 31 heavy (non-hydrogen) atoms. The van der Waals surface area contributed by atoms with Crippen LogP contribution in [0.15, 0.2) is 56.6 Å². The third kappa shape index (κ3) is 3.24. The quantitative estimate of drug-likeness (QED) is 0.511. The van der Waals surface area contributed by atoms with Gasteiger partial charge in [0.15, 0.2) is 0 Å². The first kappa shape index (κ1) is 19.0. The summed E-state index contributed by atoms with van der Waals surface area (Å²) in [5.41, 5.74) is 2.39. The Morgan fingerprint density at radius 1 is 1.10 bits per heavy atom. The molecule has 1 atom stereocenters. The third-order valence-corrected chi connectivity index (χ3v) is 5.62. The molecule has 1 N–H and O–H groups in total. The van der Waals surface area contributed by atoms with Gasteiger partial charge >= 0.3 is 11.1 Å². The van der Waals surface area contributed by atoms with Gasteiger partial charge in [0.05, 0.1) is 17.0 Å². The molecule has 156 valence electrons. The van der Waals surface area contributed by atoms with Crippen molar-refractivity contribution in [2.24, 2.45) is 7.05 Å². The number of aromatic nitrogens is 4. The lowest BCUT2D eigenvalue weighted by molar-refractivity contribution is -0.117. The minimum atomic E-state index is -0.693. The number of amides is 1. The minimum Gasteiger partial charge on any atom is -0.339 e. The number of anilines is 1. The van der Waals surface area contributed by atoms with Crippen LogP contribution in [0.25, 0.3) is 22.4 Å². The summed E-state index contributed by atoms with van der Waals surface area (Å²) in [7, 11) is 1.54. The van der Waals surface area contributed by atoms with Gasteiger partial charge in [-0.15, -0.1) is 0 Å². The number of nitrogens with zero attached hydrogens (tertiary/aromatic N) is 4. The largest absolute Gasteiger partial charge is 0.339 e. The van der Waals surface area contributed by atoms with E-state index in [4.69, 9.17) is 4.52 Å². The molecule has 0 spiro atoms. The van der Waals surface area contributed by atoms with Crippen LogP contribution < -0.4 is 16.0 Å². The molecule has 2 aromatic heterocycles. The molecule has 5 rings (SSSR count). The molecule has 0 radical (unpaired) electrons. The number of benzene rings is 2. The molecule has 1 saturated heterocycles. The van der Waals surface area contributed by atoms with Gasteiger partial charge in [-0.3, -0.25) is 14.4 Å². The minimum absolute atomic E-state index is 0.0119. The molecule has 1 fully saturated rings. The predicted octanol–water partition coefficient (Wildman–Crippen LogP) is 2.11. The molecule has 1 aliphatic rings. The fraction of sp³-hybridized carbons (Fsp3) is 0.227. The lowest BCUT2D eigenvalue weighted by Crippen LogP contribution is -2.34. The van der Waals surface area contributed by atoms with Gasteiger partial charge in [0.1, 0.15) is 0 Å². The number of carbonyl (C=O) groups excluding carboxylic acids is 1. The van der Waals surface area contributed by atoms with Crippen LogP contribution in [-0.2, 0) is 11.8 Å². The number of aromatic amines is 1. The molecule has 1 aliphatic heterocycles. The molecule has 0 unspecified atom stereocenters. The predicted molar refractivity (Wildman–Crippen MR) is 114 cm³/mol. The highest BCUT2D eigenvalue weighted by molar-refractivity contribution is 5.96. The zero-order valence-corrected chi connectivity index (χ0v) is 17.0. The van der Waals surface area contributed by atoms with Gasteiger partial charge in [-0.05, 0) is 37.3 Å². The van der Waals surface area contributed by atoms with Crippen molar-refractivity contribution in [3.8, 4) is 11.4 Å². The molecular formula is C22H19N5O4. The Morgan fingerprint density at radius 3 is 2.65 bits per heavy atom. The summed E-state index contributed by atoms with van der Waals surface area (Å²) in [5.74, 6) is 0.564. The Morgan fingerprint density at radius 2 is 1.87 bits per heavy atom. The van der Waals surface area contributed by atoms with Crippen LogP contribution in [0.5, 0.6) is 0 Å². The van der Waals surface area contributed by atoms with Crippen molar-refractivity contribution in [2.45, 2.75) is 19.3 Å². The highest BCUT2D eigenvalue weighted by atomic mass is 16.5. The lowest BCUT2D eigenvalue weighted by Gasteiger charge is -2.16. The number of nitrogens with one attached hydrogen (secondary N) is 1.